The Morgan fingerprint density at radius 3 is 2.52 bits per heavy atom. The Hall–Kier alpha value is -3.27. The molecule has 4 rings (SSSR count). The molecule has 0 N–H and O–H groups in total. The number of aryl methyl sites for hydroxylation is 1. The molecule has 0 unspecified atom stereocenters. The summed E-state index contributed by atoms with van der Waals surface area (Å²) in [5, 5.41) is 0. The fraction of sp³-hybridized carbons (Fsp3) is 0.240. The Labute approximate surface area is 171 Å². The summed E-state index contributed by atoms with van der Waals surface area (Å²) in [6.07, 6.45) is 0.394. The quantitative estimate of drug-likeness (QED) is 0.655. The maximum Gasteiger partial charge on any atom is 0.227 e. The van der Waals surface area contributed by atoms with E-state index < -0.39 is 0 Å². The van der Waals surface area contributed by atoms with Gasteiger partial charge < -0.3 is 14.4 Å². The molecule has 29 heavy (non-hydrogen) atoms. The molecule has 4 nitrogen and oxygen atoms in total. The number of rotatable bonds is 4. The Morgan fingerprint density at radius 2 is 1.79 bits per heavy atom. The molecule has 0 atom stereocenters. The van der Waals surface area contributed by atoms with Crippen LogP contribution in [0.2, 0.25) is 0 Å². The van der Waals surface area contributed by atoms with Crippen molar-refractivity contribution in [1.29, 1.82) is 0 Å². The number of hydrogen-bond donors (Lipinski definition) is 0. The second-order valence-corrected chi connectivity index (χ2v) is 7.36. The van der Waals surface area contributed by atoms with E-state index in [0.717, 1.165) is 28.0 Å². The van der Waals surface area contributed by atoms with E-state index >= 15 is 0 Å². The molecule has 0 aromatic heterocycles. The molecule has 0 fully saturated rings. The fourth-order valence-corrected chi connectivity index (χ4v) is 3.64. The maximum absolute atomic E-state index is 12.9. The topological polar surface area (TPSA) is 38.8 Å². The van der Waals surface area contributed by atoms with Gasteiger partial charge in [-0.3, -0.25) is 4.79 Å². The fourth-order valence-electron chi connectivity index (χ4n) is 3.64. The first-order chi connectivity index (χ1) is 14.1. The van der Waals surface area contributed by atoms with Gasteiger partial charge in [-0.25, -0.2) is 0 Å². The van der Waals surface area contributed by atoms with Crippen LogP contribution in [0.4, 0.5) is 0 Å². The lowest BCUT2D eigenvalue weighted by Crippen LogP contribution is -2.33. The number of amides is 1. The summed E-state index contributed by atoms with van der Waals surface area (Å²) in [5.41, 5.74) is 5.38. The van der Waals surface area contributed by atoms with Crippen molar-refractivity contribution in [1.82, 2.24) is 4.90 Å². The normalized spacial score (nSPS) is 13.2. The van der Waals surface area contributed by atoms with Crippen molar-refractivity contribution in [3.05, 3.63) is 83.4 Å². The maximum atomic E-state index is 12.9. The van der Waals surface area contributed by atoms with Crippen LogP contribution >= 0.6 is 0 Å². The van der Waals surface area contributed by atoms with Crippen LogP contribution in [0.5, 0.6) is 11.5 Å². The highest BCUT2D eigenvalue weighted by atomic mass is 16.5. The summed E-state index contributed by atoms with van der Waals surface area (Å²) in [4.78, 5) is 14.8. The Kier molecular flexibility index (Phi) is 5.52. The van der Waals surface area contributed by atoms with E-state index in [9.17, 15) is 4.79 Å². The van der Waals surface area contributed by atoms with Gasteiger partial charge >= 0.3 is 0 Å². The molecule has 4 heteroatoms. The molecule has 0 aliphatic carbocycles. The van der Waals surface area contributed by atoms with Gasteiger partial charge in [-0.15, -0.1) is 0 Å². The highest BCUT2D eigenvalue weighted by molar-refractivity contribution is 5.79. The van der Waals surface area contributed by atoms with Crippen LogP contribution in [-0.4, -0.2) is 31.1 Å². The SMILES string of the molecule is COc1cc(-c2ccc(C)cc2)cc2c1OCCN(C(=O)Cc1ccccc1)C2. The monoisotopic (exact) mass is 387 g/mol. The first-order valence-corrected chi connectivity index (χ1v) is 9.86. The minimum Gasteiger partial charge on any atom is -0.493 e. The molecule has 0 saturated heterocycles. The second kappa shape index (κ2) is 8.39. The molecular weight excluding hydrogens is 362 g/mol. The lowest BCUT2D eigenvalue weighted by atomic mass is 10.0. The molecule has 0 radical (unpaired) electrons. The Balaban J connectivity index is 1.64. The Morgan fingerprint density at radius 1 is 1.03 bits per heavy atom. The van der Waals surface area contributed by atoms with Crippen molar-refractivity contribution in [2.24, 2.45) is 0 Å². The van der Waals surface area contributed by atoms with Gasteiger partial charge in [0.15, 0.2) is 11.5 Å². The molecule has 1 aliphatic rings. The zero-order valence-electron chi connectivity index (χ0n) is 16.9. The van der Waals surface area contributed by atoms with Gasteiger partial charge in [-0.05, 0) is 35.7 Å². The standard InChI is InChI=1S/C25H25NO3/c1-18-8-10-20(11-9-18)21-15-22-17-26(12-13-29-25(22)23(16-21)28-2)24(27)14-19-6-4-3-5-7-19/h3-11,15-16H,12-14,17H2,1-2H3. The number of hydrogen-bond acceptors (Lipinski definition) is 3. The lowest BCUT2D eigenvalue weighted by molar-refractivity contribution is -0.131. The minimum atomic E-state index is 0.104. The van der Waals surface area contributed by atoms with Crippen LogP contribution < -0.4 is 9.47 Å². The van der Waals surface area contributed by atoms with E-state index in [2.05, 4.69) is 37.3 Å². The molecular formula is C25H25NO3. The number of methoxy groups -OCH3 is 1. The van der Waals surface area contributed by atoms with E-state index in [1.807, 2.05) is 41.3 Å². The van der Waals surface area contributed by atoms with Crippen LogP contribution in [0.15, 0.2) is 66.7 Å². The summed E-state index contributed by atoms with van der Waals surface area (Å²) >= 11 is 0. The zero-order valence-corrected chi connectivity index (χ0v) is 16.9. The molecule has 0 bridgehead atoms. The molecule has 1 aliphatic heterocycles. The minimum absolute atomic E-state index is 0.104. The average Bonchev–Trinajstić information content (AvgIpc) is 2.97. The Bertz CT molecular complexity index is 997. The van der Waals surface area contributed by atoms with Crippen molar-refractivity contribution in [3.63, 3.8) is 0 Å². The first kappa shape index (κ1) is 19.1. The van der Waals surface area contributed by atoms with Gasteiger partial charge in [0, 0.05) is 12.1 Å². The molecule has 1 amide bonds. The van der Waals surface area contributed by atoms with E-state index in [-0.39, 0.29) is 5.91 Å². The predicted molar refractivity (Wildman–Crippen MR) is 114 cm³/mol. The van der Waals surface area contributed by atoms with E-state index in [1.54, 1.807) is 7.11 Å². The number of carbonyl (C=O) groups excluding carboxylic acids is 1. The van der Waals surface area contributed by atoms with Crippen LogP contribution in [0.25, 0.3) is 11.1 Å². The molecule has 0 saturated carbocycles. The third-order valence-electron chi connectivity index (χ3n) is 5.26. The van der Waals surface area contributed by atoms with Crippen molar-refractivity contribution in [2.75, 3.05) is 20.3 Å². The molecule has 3 aromatic carbocycles. The first-order valence-electron chi connectivity index (χ1n) is 9.86. The van der Waals surface area contributed by atoms with Gasteiger partial charge in [0.05, 0.1) is 20.1 Å². The highest BCUT2D eigenvalue weighted by Gasteiger charge is 2.23. The van der Waals surface area contributed by atoms with E-state index in [1.165, 1.54) is 5.56 Å². The smallest absolute Gasteiger partial charge is 0.227 e. The van der Waals surface area contributed by atoms with Crippen molar-refractivity contribution in [3.8, 4) is 22.6 Å². The molecule has 3 aromatic rings. The lowest BCUT2D eigenvalue weighted by Gasteiger charge is -2.20. The largest absolute Gasteiger partial charge is 0.493 e. The summed E-state index contributed by atoms with van der Waals surface area (Å²) in [6, 6.07) is 22.4. The third kappa shape index (κ3) is 4.27. The van der Waals surface area contributed by atoms with Crippen molar-refractivity contribution >= 4 is 5.91 Å². The van der Waals surface area contributed by atoms with Crippen LogP contribution in [0.3, 0.4) is 0 Å². The van der Waals surface area contributed by atoms with Crippen molar-refractivity contribution < 1.29 is 14.3 Å². The second-order valence-electron chi connectivity index (χ2n) is 7.36. The number of ether oxygens (including phenoxy) is 2. The number of benzene rings is 3. The van der Waals surface area contributed by atoms with Gasteiger partial charge in [-0.1, -0.05) is 60.2 Å². The summed E-state index contributed by atoms with van der Waals surface area (Å²) < 4.78 is 11.6. The summed E-state index contributed by atoms with van der Waals surface area (Å²) in [6.45, 7) is 3.60. The highest BCUT2D eigenvalue weighted by Crippen LogP contribution is 2.38. The van der Waals surface area contributed by atoms with Crippen LogP contribution in [0.1, 0.15) is 16.7 Å². The van der Waals surface area contributed by atoms with Gasteiger partial charge in [0.25, 0.3) is 0 Å². The number of carbonyl (C=O) groups is 1. The number of fused-ring (bicyclic) bond motifs is 1. The molecule has 148 valence electrons. The van der Waals surface area contributed by atoms with Crippen LogP contribution in [0, 0.1) is 6.92 Å². The number of nitrogens with zero attached hydrogens (tertiary/aromatic N) is 1. The van der Waals surface area contributed by atoms with Gasteiger partial charge in [0.2, 0.25) is 5.91 Å². The van der Waals surface area contributed by atoms with Gasteiger partial charge in [-0.2, -0.15) is 0 Å². The third-order valence-corrected chi connectivity index (χ3v) is 5.26. The average molecular weight is 387 g/mol. The van der Waals surface area contributed by atoms with E-state index in [4.69, 9.17) is 9.47 Å². The zero-order chi connectivity index (χ0) is 20.2. The summed E-state index contributed by atoms with van der Waals surface area (Å²) in [5.74, 6) is 1.54. The molecule has 1 heterocycles. The molecule has 0 spiro atoms. The van der Waals surface area contributed by atoms with Crippen molar-refractivity contribution in [2.45, 2.75) is 19.9 Å². The summed E-state index contributed by atoms with van der Waals surface area (Å²) in [7, 11) is 1.65. The van der Waals surface area contributed by atoms with Gasteiger partial charge in [0.1, 0.15) is 6.61 Å². The van der Waals surface area contributed by atoms with Crippen LogP contribution in [-0.2, 0) is 17.8 Å². The predicted octanol–water partition coefficient (Wildman–Crippen LogP) is 4.63. The van der Waals surface area contributed by atoms with E-state index in [0.29, 0.717) is 31.9 Å².